The summed E-state index contributed by atoms with van der Waals surface area (Å²) in [7, 11) is 0. The molecule has 4 N–H and O–H groups in total. The number of nitrogens with one attached hydrogen (secondary N) is 1. The molecule has 0 radical (unpaired) electrons. The molecule has 0 bridgehead atoms. The molecule has 7 nitrogen and oxygen atoms in total. The van der Waals surface area contributed by atoms with Gasteiger partial charge in [0.15, 0.2) is 0 Å². The number of amides is 2. The van der Waals surface area contributed by atoms with Crippen molar-refractivity contribution in [2.24, 2.45) is 5.73 Å². The van der Waals surface area contributed by atoms with Gasteiger partial charge in [-0.05, 0) is 19.1 Å². The van der Waals surface area contributed by atoms with Gasteiger partial charge in [-0.2, -0.15) is 0 Å². The van der Waals surface area contributed by atoms with Crippen molar-refractivity contribution in [2.45, 2.75) is 19.4 Å². The number of nitrogens with two attached hydrogens (primary N) is 1. The van der Waals surface area contributed by atoms with Gasteiger partial charge in [-0.15, -0.1) is 0 Å². The van der Waals surface area contributed by atoms with Crippen molar-refractivity contribution in [3.63, 3.8) is 0 Å². The van der Waals surface area contributed by atoms with Gasteiger partial charge in [-0.3, -0.25) is 14.6 Å². The van der Waals surface area contributed by atoms with Gasteiger partial charge < -0.3 is 16.2 Å². The molecule has 0 aliphatic heterocycles. The van der Waals surface area contributed by atoms with Gasteiger partial charge >= 0.3 is 5.97 Å². The predicted octanol–water partition coefficient (Wildman–Crippen LogP) is -0.552. The van der Waals surface area contributed by atoms with E-state index in [0.717, 1.165) is 0 Å². The highest BCUT2D eigenvalue weighted by Gasteiger charge is 2.22. The predicted molar refractivity (Wildman–Crippen MR) is 61.7 cm³/mol. The zero-order valence-electron chi connectivity index (χ0n) is 9.71. The normalized spacial score (nSPS) is 11.6. The summed E-state index contributed by atoms with van der Waals surface area (Å²) in [5.41, 5.74) is 5.81. The molecule has 0 aliphatic rings. The van der Waals surface area contributed by atoms with Gasteiger partial charge in [-0.25, -0.2) is 4.79 Å². The number of carbonyl (C=O) groups is 3. The van der Waals surface area contributed by atoms with Gasteiger partial charge in [0.05, 0.1) is 6.42 Å². The quantitative estimate of drug-likeness (QED) is 0.648. The van der Waals surface area contributed by atoms with E-state index in [9.17, 15) is 14.4 Å². The average Bonchev–Trinajstić information content (AvgIpc) is 2.27. The van der Waals surface area contributed by atoms with Crippen LogP contribution in [0, 0.1) is 6.92 Å². The minimum Gasteiger partial charge on any atom is -0.480 e. The molecule has 1 heterocycles. The summed E-state index contributed by atoms with van der Waals surface area (Å²) < 4.78 is 0. The highest BCUT2D eigenvalue weighted by atomic mass is 16.4. The first-order chi connectivity index (χ1) is 8.40. The molecule has 18 heavy (non-hydrogen) atoms. The molecular weight excluding hydrogens is 238 g/mol. The summed E-state index contributed by atoms with van der Waals surface area (Å²) >= 11 is 0. The maximum absolute atomic E-state index is 11.7. The summed E-state index contributed by atoms with van der Waals surface area (Å²) in [4.78, 5) is 37.2. The van der Waals surface area contributed by atoms with Gasteiger partial charge in [0.2, 0.25) is 5.91 Å². The number of hydrogen-bond acceptors (Lipinski definition) is 4. The molecule has 0 aliphatic carbocycles. The van der Waals surface area contributed by atoms with Crippen molar-refractivity contribution >= 4 is 17.8 Å². The van der Waals surface area contributed by atoms with E-state index in [0.29, 0.717) is 5.69 Å². The minimum atomic E-state index is -1.33. The number of hydrogen-bond donors (Lipinski definition) is 3. The van der Waals surface area contributed by atoms with Crippen molar-refractivity contribution in [3.8, 4) is 0 Å². The molecular formula is C11H13N3O4. The number of nitrogens with zero attached hydrogens (tertiary/aromatic N) is 1. The molecule has 0 fully saturated rings. The van der Waals surface area contributed by atoms with Crippen molar-refractivity contribution in [1.29, 1.82) is 0 Å². The first-order valence-corrected chi connectivity index (χ1v) is 5.14. The van der Waals surface area contributed by atoms with E-state index in [1.165, 1.54) is 18.3 Å². The number of aliphatic carboxylic acids is 1. The average molecular weight is 251 g/mol. The van der Waals surface area contributed by atoms with Crippen LogP contribution < -0.4 is 11.1 Å². The summed E-state index contributed by atoms with van der Waals surface area (Å²) in [6.45, 7) is 1.70. The lowest BCUT2D eigenvalue weighted by atomic mass is 10.1. The third-order valence-corrected chi connectivity index (χ3v) is 2.17. The second-order valence-corrected chi connectivity index (χ2v) is 3.72. The van der Waals surface area contributed by atoms with Crippen LogP contribution in [-0.4, -0.2) is 33.9 Å². The Balaban J connectivity index is 2.78. The summed E-state index contributed by atoms with van der Waals surface area (Å²) in [5, 5.41) is 11.1. The van der Waals surface area contributed by atoms with Crippen LogP contribution in [0.15, 0.2) is 18.3 Å². The van der Waals surface area contributed by atoms with Crippen LogP contribution in [0.2, 0.25) is 0 Å². The molecule has 1 rings (SSSR count). The fourth-order valence-electron chi connectivity index (χ4n) is 1.33. The maximum Gasteiger partial charge on any atom is 0.326 e. The smallest absolute Gasteiger partial charge is 0.326 e. The third-order valence-electron chi connectivity index (χ3n) is 2.17. The van der Waals surface area contributed by atoms with E-state index < -0.39 is 30.2 Å². The molecule has 1 unspecified atom stereocenters. The van der Waals surface area contributed by atoms with Crippen LogP contribution in [0.4, 0.5) is 0 Å². The maximum atomic E-state index is 11.7. The van der Waals surface area contributed by atoms with E-state index in [1.807, 2.05) is 0 Å². The molecule has 1 aromatic heterocycles. The fourth-order valence-corrected chi connectivity index (χ4v) is 1.33. The van der Waals surface area contributed by atoms with Crippen molar-refractivity contribution < 1.29 is 19.5 Å². The van der Waals surface area contributed by atoms with Crippen LogP contribution in [0.3, 0.4) is 0 Å². The first-order valence-electron chi connectivity index (χ1n) is 5.14. The van der Waals surface area contributed by atoms with Crippen molar-refractivity contribution in [3.05, 3.63) is 29.6 Å². The molecule has 0 spiro atoms. The summed E-state index contributed by atoms with van der Waals surface area (Å²) in [6, 6.07) is 1.63. The first kappa shape index (κ1) is 13.6. The Bertz CT molecular complexity index is 487. The van der Waals surface area contributed by atoms with E-state index in [2.05, 4.69) is 10.3 Å². The Morgan fingerprint density at radius 2 is 2.17 bits per heavy atom. The highest BCUT2D eigenvalue weighted by Crippen LogP contribution is 2.02. The van der Waals surface area contributed by atoms with Crippen LogP contribution in [0.5, 0.6) is 0 Å². The van der Waals surface area contributed by atoms with Gasteiger partial charge in [-0.1, -0.05) is 0 Å². The standard InChI is InChI=1S/C11H13N3O4/c1-6-4-7(2-3-13-6)10(16)14-8(11(17)18)5-9(12)15/h2-4,8H,5H2,1H3,(H2,12,15)(H,14,16)(H,17,18). The Morgan fingerprint density at radius 3 is 2.67 bits per heavy atom. The summed E-state index contributed by atoms with van der Waals surface area (Å²) in [5.74, 6) is -2.70. The van der Waals surface area contributed by atoms with E-state index in [4.69, 9.17) is 10.8 Å². The molecule has 7 heteroatoms. The molecule has 2 amide bonds. The topological polar surface area (TPSA) is 122 Å². The zero-order chi connectivity index (χ0) is 13.7. The van der Waals surface area contributed by atoms with Gasteiger partial charge in [0.1, 0.15) is 6.04 Å². The Labute approximate surface area is 103 Å². The van der Waals surface area contributed by atoms with E-state index in [1.54, 1.807) is 6.92 Å². The Hall–Kier alpha value is -2.44. The van der Waals surface area contributed by atoms with Crippen molar-refractivity contribution in [1.82, 2.24) is 10.3 Å². The number of carboxylic acids is 1. The van der Waals surface area contributed by atoms with Gasteiger partial charge in [0.25, 0.3) is 5.91 Å². The van der Waals surface area contributed by atoms with Crippen molar-refractivity contribution in [2.75, 3.05) is 0 Å². The van der Waals surface area contributed by atoms with Crippen LogP contribution in [0.25, 0.3) is 0 Å². The molecule has 1 aromatic rings. The summed E-state index contributed by atoms with van der Waals surface area (Å²) in [6.07, 6.45) is 0.985. The van der Waals surface area contributed by atoms with Crippen LogP contribution >= 0.6 is 0 Å². The number of aromatic nitrogens is 1. The lowest BCUT2D eigenvalue weighted by molar-refractivity contribution is -0.140. The number of carboxylic acid groups (broad SMARTS) is 1. The van der Waals surface area contributed by atoms with E-state index in [-0.39, 0.29) is 5.56 Å². The monoisotopic (exact) mass is 251 g/mol. The number of carbonyl (C=O) groups excluding carboxylic acids is 2. The number of rotatable bonds is 5. The molecule has 96 valence electrons. The fraction of sp³-hybridized carbons (Fsp3) is 0.273. The minimum absolute atomic E-state index is 0.276. The van der Waals surface area contributed by atoms with Gasteiger partial charge in [0, 0.05) is 17.5 Å². The zero-order valence-corrected chi connectivity index (χ0v) is 9.71. The Morgan fingerprint density at radius 1 is 1.50 bits per heavy atom. The number of pyridine rings is 1. The lowest BCUT2D eigenvalue weighted by Gasteiger charge is -2.12. The van der Waals surface area contributed by atoms with Crippen LogP contribution in [-0.2, 0) is 9.59 Å². The lowest BCUT2D eigenvalue weighted by Crippen LogP contribution is -2.43. The second-order valence-electron chi connectivity index (χ2n) is 3.72. The molecule has 0 aromatic carbocycles. The number of primary amides is 1. The molecule has 0 saturated heterocycles. The third kappa shape index (κ3) is 3.85. The van der Waals surface area contributed by atoms with Crippen LogP contribution in [0.1, 0.15) is 22.5 Å². The SMILES string of the molecule is Cc1cc(C(=O)NC(CC(N)=O)C(=O)O)ccn1. The second kappa shape index (κ2) is 5.76. The Kier molecular flexibility index (Phi) is 4.36. The molecule has 1 atom stereocenters. The largest absolute Gasteiger partial charge is 0.480 e. The highest BCUT2D eigenvalue weighted by molar-refractivity contribution is 5.97. The molecule has 0 saturated carbocycles. The number of aryl methyl sites for hydroxylation is 1. The van der Waals surface area contributed by atoms with E-state index >= 15 is 0 Å².